The largest absolute Gasteiger partial charge is 0.353 e. The van der Waals surface area contributed by atoms with E-state index in [4.69, 9.17) is 0 Å². The third kappa shape index (κ3) is 4.67. The van der Waals surface area contributed by atoms with Gasteiger partial charge >= 0.3 is 0 Å². The first-order chi connectivity index (χ1) is 9.24. The van der Waals surface area contributed by atoms with Gasteiger partial charge in [0, 0.05) is 31.0 Å². The van der Waals surface area contributed by atoms with Gasteiger partial charge in [0.05, 0.1) is 0 Å². The van der Waals surface area contributed by atoms with Gasteiger partial charge < -0.3 is 10.6 Å². The minimum atomic E-state index is 0.707. The summed E-state index contributed by atoms with van der Waals surface area (Å²) in [4.78, 5) is 8.68. The molecule has 0 atom stereocenters. The van der Waals surface area contributed by atoms with E-state index in [2.05, 4.69) is 44.9 Å². The summed E-state index contributed by atoms with van der Waals surface area (Å²) in [6.07, 6.45) is 0. The molecule has 2 aromatic rings. The highest BCUT2D eigenvalue weighted by atomic mass is 15.1. The van der Waals surface area contributed by atoms with Gasteiger partial charge in [-0.3, -0.25) is 0 Å². The second-order valence-electron chi connectivity index (χ2n) is 4.56. The lowest BCUT2D eigenvalue weighted by Crippen LogP contribution is -2.22. The molecule has 0 spiro atoms. The SMILES string of the molecule is Cc1cc(C)nc(NCCNCc2ccccc2)n1. The fraction of sp³-hybridized carbons (Fsp3) is 0.333. The second kappa shape index (κ2) is 6.85. The zero-order valence-corrected chi connectivity index (χ0v) is 11.5. The lowest BCUT2D eigenvalue weighted by Gasteiger charge is -2.08. The lowest BCUT2D eigenvalue weighted by atomic mass is 10.2. The van der Waals surface area contributed by atoms with Crippen LogP contribution in [0.25, 0.3) is 0 Å². The second-order valence-corrected chi connectivity index (χ2v) is 4.56. The van der Waals surface area contributed by atoms with Gasteiger partial charge in [-0.15, -0.1) is 0 Å². The van der Waals surface area contributed by atoms with E-state index >= 15 is 0 Å². The van der Waals surface area contributed by atoms with Crippen LogP contribution < -0.4 is 10.6 Å². The maximum Gasteiger partial charge on any atom is 0.223 e. The summed E-state index contributed by atoms with van der Waals surface area (Å²) in [6, 6.07) is 12.3. The van der Waals surface area contributed by atoms with Crippen LogP contribution in [0.4, 0.5) is 5.95 Å². The highest BCUT2D eigenvalue weighted by Crippen LogP contribution is 2.02. The van der Waals surface area contributed by atoms with Crippen molar-refractivity contribution >= 4 is 5.95 Å². The fourth-order valence-electron chi connectivity index (χ4n) is 1.90. The highest BCUT2D eigenvalue weighted by molar-refractivity contribution is 5.27. The Morgan fingerprint density at radius 2 is 1.63 bits per heavy atom. The first-order valence-electron chi connectivity index (χ1n) is 6.55. The Bertz CT molecular complexity index is 491. The first-order valence-corrected chi connectivity index (χ1v) is 6.55. The molecule has 19 heavy (non-hydrogen) atoms. The average molecular weight is 256 g/mol. The average Bonchev–Trinajstić information content (AvgIpc) is 2.38. The summed E-state index contributed by atoms with van der Waals surface area (Å²) in [7, 11) is 0. The molecule has 1 aromatic heterocycles. The van der Waals surface area contributed by atoms with Gasteiger partial charge in [0.25, 0.3) is 0 Å². The lowest BCUT2D eigenvalue weighted by molar-refractivity contribution is 0.704. The van der Waals surface area contributed by atoms with Gasteiger partial charge in [-0.1, -0.05) is 30.3 Å². The molecular formula is C15H20N4. The van der Waals surface area contributed by atoms with Gasteiger partial charge in [0.15, 0.2) is 0 Å². The van der Waals surface area contributed by atoms with Crippen LogP contribution in [0.3, 0.4) is 0 Å². The minimum Gasteiger partial charge on any atom is -0.353 e. The Kier molecular flexibility index (Phi) is 4.86. The van der Waals surface area contributed by atoms with Crippen LogP contribution in [-0.4, -0.2) is 23.1 Å². The quantitative estimate of drug-likeness (QED) is 0.779. The molecule has 0 aliphatic rings. The summed E-state index contributed by atoms with van der Waals surface area (Å²) in [5.41, 5.74) is 3.28. The van der Waals surface area contributed by atoms with Crippen LogP contribution in [0.15, 0.2) is 36.4 Å². The maximum atomic E-state index is 4.34. The molecule has 0 unspecified atom stereocenters. The zero-order chi connectivity index (χ0) is 13.5. The molecule has 2 rings (SSSR count). The number of benzene rings is 1. The van der Waals surface area contributed by atoms with Crippen molar-refractivity contribution in [2.24, 2.45) is 0 Å². The summed E-state index contributed by atoms with van der Waals surface area (Å²) < 4.78 is 0. The monoisotopic (exact) mass is 256 g/mol. The summed E-state index contributed by atoms with van der Waals surface area (Å²) in [5, 5.41) is 6.61. The van der Waals surface area contributed by atoms with Crippen LogP contribution in [0.5, 0.6) is 0 Å². The van der Waals surface area contributed by atoms with Gasteiger partial charge in [-0.2, -0.15) is 0 Å². The number of anilines is 1. The van der Waals surface area contributed by atoms with Crippen molar-refractivity contribution < 1.29 is 0 Å². The number of hydrogen-bond donors (Lipinski definition) is 2. The highest BCUT2D eigenvalue weighted by Gasteiger charge is 1.98. The smallest absolute Gasteiger partial charge is 0.223 e. The van der Waals surface area contributed by atoms with Crippen molar-refractivity contribution in [3.05, 3.63) is 53.3 Å². The molecule has 0 saturated carbocycles. The Balaban J connectivity index is 1.69. The zero-order valence-electron chi connectivity index (χ0n) is 11.5. The van der Waals surface area contributed by atoms with E-state index in [0.717, 1.165) is 31.0 Å². The molecule has 4 heteroatoms. The van der Waals surface area contributed by atoms with Crippen LogP contribution >= 0.6 is 0 Å². The van der Waals surface area contributed by atoms with Gasteiger partial charge in [-0.25, -0.2) is 9.97 Å². The Morgan fingerprint density at radius 1 is 0.947 bits per heavy atom. The Hall–Kier alpha value is -1.94. The molecular weight excluding hydrogens is 236 g/mol. The molecule has 0 saturated heterocycles. The number of nitrogens with one attached hydrogen (secondary N) is 2. The minimum absolute atomic E-state index is 0.707. The van der Waals surface area contributed by atoms with Crippen LogP contribution in [-0.2, 0) is 6.54 Å². The van der Waals surface area contributed by atoms with Crippen molar-refractivity contribution in [3.8, 4) is 0 Å². The van der Waals surface area contributed by atoms with Gasteiger partial charge in [0.2, 0.25) is 5.95 Å². The van der Waals surface area contributed by atoms with E-state index in [1.807, 2.05) is 26.0 Å². The van der Waals surface area contributed by atoms with Crippen LogP contribution in [0.2, 0.25) is 0 Å². The fourth-order valence-corrected chi connectivity index (χ4v) is 1.90. The third-order valence-electron chi connectivity index (χ3n) is 2.74. The number of nitrogens with zero attached hydrogens (tertiary/aromatic N) is 2. The number of rotatable bonds is 6. The molecule has 1 aromatic carbocycles. The number of hydrogen-bond acceptors (Lipinski definition) is 4. The van der Waals surface area contributed by atoms with Crippen molar-refractivity contribution in [2.75, 3.05) is 18.4 Å². The predicted octanol–water partition coefficient (Wildman–Crippen LogP) is 2.30. The van der Waals surface area contributed by atoms with E-state index in [1.165, 1.54) is 5.56 Å². The van der Waals surface area contributed by atoms with Crippen molar-refractivity contribution in [1.82, 2.24) is 15.3 Å². The predicted molar refractivity (Wildman–Crippen MR) is 78.1 cm³/mol. The Morgan fingerprint density at radius 3 is 2.32 bits per heavy atom. The standard InChI is InChI=1S/C15H20N4/c1-12-10-13(2)19-15(18-12)17-9-8-16-11-14-6-4-3-5-7-14/h3-7,10,16H,8-9,11H2,1-2H3,(H,17,18,19). The van der Waals surface area contributed by atoms with E-state index in [9.17, 15) is 0 Å². The molecule has 0 aliphatic carbocycles. The molecule has 0 amide bonds. The molecule has 100 valence electrons. The molecule has 0 fully saturated rings. The topological polar surface area (TPSA) is 49.8 Å². The first kappa shape index (κ1) is 13.5. The Labute approximate surface area is 114 Å². The van der Waals surface area contributed by atoms with Crippen molar-refractivity contribution in [1.29, 1.82) is 0 Å². The van der Waals surface area contributed by atoms with E-state index in [1.54, 1.807) is 0 Å². The van der Waals surface area contributed by atoms with Crippen LogP contribution in [0.1, 0.15) is 17.0 Å². The summed E-state index contributed by atoms with van der Waals surface area (Å²) in [5.74, 6) is 0.707. The van der Waals surface area contributed by atoms with E-state index < -0.39 is 0 Å². The van der Waals surface area contributed by atoms with Gasteiger partial charge in [-0.05, 0) is 25.5 Å². The van der Waals surface area contributed by atoms with Crippen molar-refractivity contribution in [2.45, 2.75) is 20.4 Å². The normalized spacial score (nSPS) is 10.4. The number of aromatic nitrogens is 2. The van der Waals surface area contributed by atoms with Crippen LogP contribution in [0, 0.1) is 13.8 Å². The summed E-state index contributed by atoms with van der Waals surface area (Å²) >= 11 is 0. The summed E-state index contributed by atoms with van der Waals surface area (Å²) in [6.45, 7) is 6.54. The molecule has 0 radical (unpaired) electrons. The molecule has 0 aliphatic heterocycles. The third-order valence-corrected chi connectivity index (χ3v) is 2.74. The molecule has 2 N–H and O–H groups in total. The molecule has 4 nitrogen and oxygen atoms in total. The van der Waals surface area contributed by atoms with E-state index in [-0.39, 0.29) is 0 Å². The molecule has 0 bridgehead atoms. The van der Waals surface area contributed by atoms with Gasteiger partial charge in [0.1, 0.15) is 0 Å². The maximum absolute atomic E-state index is 4.34. The van der Waals surface area contributed by atoms with E-state index in [0.29, 0.717) is 5.95 Å². The molecule has 1 heterocycles. The number of aryl methyl sites for hydroxylation is 2. The van der Waals surface area contributed by atoms with Crippen molar-refractivity contribution in [3.63, 3.8) is 0 Å².